The van der Waals surface area contributed by atoms with Crippen molar-refractivity contribution < 1.29 is 14.3 Å². The first kappa shape index (κ1) is 13.8. The second-order valence-corrected chi connectivity index (χ2v) is 6.08. The van der Waals surface area contributed by atoms with Crippen molar-refractivity contribution in [2.45, 2.75) is 26.4 Å². The molecule has 0 aliphatic carbocycles. The van der Waals surface area contributed by atoms with Gasteiger partial charge in [-0.05, 0) is 42.8 Å². The van der Waals surface area contributed by atoms with Gasteiger partial charge in [-0.15, -0.1) is 0 Å². The van der Waals surface area contributed by atoms with Crippen LogP contribution in [0.3, 0.4) is 0 Å². The molecule has 1 aromatic heterocycles. The number of halogens is 1. The first-order valence-electron chi connectivity index (χ1n) is 5.81. The minimum atomic E-state index is -0.567. The number of fused-ring (bicyclic) bond motifs is 1. The molecule has 0 radical (unpaired) electrons. The summed E-state index contributed by atoms with van der Waals surface area (Å²) in [7, 11) is 0. The molecule has 0 saturated heterocycles. The number of ether oxygens (including phenoxy) is 1. The molecule has 0 amide bonds. The van der Waals surface area contributed by atoms with Crippen LogP contribution in [-0.4, -0.2) is 22.5 Å². The summed E-state index contributed by atoms with van der Waals surface area (Å²) in [5.74, 6) is 0. The van der Waals surface area contributed by atoms with Crippen LogP contribution in [0.5, 0.6) is 0 Å². The van der Waals surface area contributed by atoms with Crippen LogP contribution in [0.4, 0.5) is 4.79 Å². The molecule has 4 nitrogen and oxygen atoms in total. The van der Waals surface area contributed by atoms with Crippen LogP contribution in [-0.2, 0) is 4.74 Å². The Hall–Kier alpha value is -1.62. The van der Waals surface area contributed by atoms with Gasteiger partial charge in [0.2, 0.25) is 0 Å². The van der Waals surface area contributed by atoms with Gasteiger partial charge in [-0.2, -0.15) is 0 Å². The van der Waals surface area contributed by atoms with E-state index in [2.05, 4.69) is 15.9 Å². The Bertz CT molecular complexity index is 652. The third-order valence-electron chi connectivity index (χ3n) is 2.51. The van der Waals surface area contributed by atoms with E-state index in [-0.39, 0.29) is 0 Å². The van der Waals surface area contributed by atoms with Crippen LogP contribution in [0.2, 0.25) is 0 Å². The Morgan fingerprint density at radius 2 is 2.05 bits per heavy atom. The fourth-order valence-electron chi connectivity index (χ4n) is 1.74. The number of hydrogen-bond acceptors (Lipinski definition) is 3. The van der Waals surface area contributed by atoms with Crippen LogP contribution in [0.25, 0.3) is 10.9 Å². The summed E-state index contributed by atoms with van der Waals surface area (Å²) in [6.45, 7) is 5.42. The van der Waals surface area contributed by atoms with E-state index in [0.717, 1.165) is 16.1 Å². The Morgan fingerprint density at radius 1 is 1.37 bits per heavy atom. The Morgan fingerprint density at radius 3 is 2.63 bits per heavy atom. The van der Waals surface area contributed by atoms with Crippen molar-refractivity contribution in [2.24, 2.45) is 0 Å². The standard InChI is InChI=1S/C14H14BrNO3/c1-14(2,3)19-13(18)16-7-11(15)10-5-4-9(8-17)6-12(10)16/h4-8H,1-3H3. The zero-order valence-electron chi connectivity index (χ0n) is 10.9. The maximum atomic E-state index is 12.1. The normalized spacial score (nSPS) is 11.6. The SMILES string of the molecule is CC(C)(C)OC(=O)n1cc(Br)c2ccc(C=O)cc21. The van der Waals surface area contributed by atoms with E-state index in [9.17, 15) is 9.59 Å². The molecular weight excluding hydrogens is 310 g/mol. The van der Waals surface area contributed by atoms with Gasteiger partial charge in [-0.3, -0.25) is 9.36 Å². The maximum absolute atomic E-state index is 12.1. The van der Waals surface area contributed by atoms with Gasteiger partial charge in [0.25, 0.3) is 0 Å². The van der Waals surface area contributed by atoms with Gasteiger partial charge >= 0.3 is 6.09 Å². The van der Waals surface area contributed by atoms with Crippen LogP contribution in [0, 0.1) is 0 Å². The highest BCUT2D eigenvalue weighted by Gasteiger charge is 2.20. The number of benzene rings is 1. The van der Waals surface area contributed by atoms with Gasteiger partial charge in [0.15, 0.2) is 0 Å². The average molecular weight is 324 g/mol. The molecule has 0 spiro atoms. The molecule has 2 rings (SSSR count). The summed E-state index contributed by atoms with van der Waals surface area (Å²) in [5.41, 5.74) is 0.594. The molecule has 0 bridgehead atoms. The lowest BCUT2D eigenvalue weighted by Gasteiger charge is -2.19. The number of carbonyl (C=O) groups excluding carboxylic acids is 2. The van der Waals surface area contributed by atoms with Gasteiger partial charge in [-0.1, -0.05) is 12.1 Å². The number of nitrogens with zero attached hydrogens (tertiary/aromatic N) is 1. The smallest absolute Gasteiger partial charge is 0.419 e. The minimum Gasteiger partial charge on any atom is -0.443 e. The van der Waals surface area contributed by atoms with Gasteiger partial charge in [-0.25, -0.2) is 4.79 Å². The summed E-state index contributed by atoms with van der Waals surface area (Å²) in [4.78, 5) is 22.9. The largest absolute Gasteiger partial charge is 0.443 e. The summed E-state index contributed by atoms with van der Waals surface area (Å²) < 4.78 is 7.52. The Balaban J connectivity index is 2.54. The summed E-state index contributed by atoms with van der Waals surface area (Å²) in [5, 5.41) is 0.858. The Labute approximate surface area is 119 Å². The second kappa shape index (κ2) is 4.81. The van der Waals surface area contributed by atoms with Crippen molar-refractivity contribution in [1.29, 1.82) is 0 Å². The highest BCUT2D eigenvalue weighted by atomic mass is 79.9. The molecule has 1 heterocycles. The number of hydrogen-bond donors (Lipinski definition) is 0. The van der Waals surface area contributed by atoms with E-state index < -0.39 is 11.7 Å². The third-order valence-corrected chi connectivity index (χ3v) is 3.14. The molecule has 1 aromatic carbocycles. The predicted octanol–water partition coefficient (Wildman–Crippen LogP) is 4.00. The Kier molecular flexibility index (Phi) is 3.49. The lowest BCUT2D eigenvalue weighted by atomic mass is 10.2. The zero-order valence-corrected chi connectivity index (χ0v) is 12.5. The molecule has 0 unspecified atom stereocenters. The maximum Gasteiger partial charge on any atom is 0.419 e. The van der Waals surface area contributed by atoms with E-state index in [1.54, 1.807) is 24.4 Å². The van der Waals surface area contributed by atoms with Gasteiger partial charge in [0.05, 0.1) is 5.52 Å². The minimum absolute atomic E-state index is 0.466. The third kappa shape index (κ3) is 2.87. The van der Waals surface area contributed by atoms with Crippen molar-refractivity contribution >= 4 is 39.2 Å². The van der Waals surface area contributed by atoms with Gasteiger partial charge in [0.1, 0.15) is 11.9 Å². The van der Waals surface area contributed by atoms with Crippen molar-refractivity contribution in [2.75, 3.05) is 0 Å². The van der Waals surface area contributed by atoms with Gasteiger partial charge < -0.3 is 4.74 Å². The number of aldehydes is 1. The summed E-state index contributed by atoms with van der Waals surface area (Å²) in [6, 6.07) is 5.17. The van der Waals surface area contributed by atoms with Crippen LogP contribution in [0.15, 0.2) is 28.9 Å². The lowest BCUT2D eigenvalue weighted by molar-refractivity contribution is 0.0544. The molecule has 5 heteroatoms. The number of carbonyl (C=O) groups is 2. The lowest BCUT2D eigenvalue weighted by Crippen LogP contribution is -2.26. The van der Waals surface area contributed by atoms with Crippen LogP contribution in [0.1, 0.15) is 31.1 Å². The molecule has 0 saturated carbocycles. The van der Waals surface area contributed by atoms with Gasteiger partial charge in [0, 0.05) is 21.6 Å². The van der Waals surface area contributed by atoms with E-state index in [1.165, 1.54) is 4.57 Å². The first-order valence-corrected chi connectivity index (χ1v) is 6.60. The van der Waals surface area contributed by atoms with Crippen LogP contribution >= 0.6 is 15.9 Å². The fourth-order valence-corrected chi connectivity index (χ4v) is 2.28. The zero-order chi connectivity index (χ0) is 14.2. The average Bonchev–Trinajstić information content (AvgIpc) is 2.64. The molecule has 0 fully saturated rings. The predicted molar refractivity (Wildman–Crippen MR) is 76.7 cm³/mol. The molecule has 0 N–H and O–H groups in total. The molecule has 100 valence electrons. The molecule has 0 atom stereocenters. The molecule has 0 aliphatic rings. The van der Waals surface area contributed by atoms with Crippen molar-refractivity contribution in [3.8, 4) is 0 Å². The van der Waals surface area contributed by atoms with E-state index in [4.69, 9.17) is 4.74 Å². The fraction of sp³-hybridized carbons (Fsp3) is 0.286. The topological polar surface area (TPSA) is 48.3 Å². The molecule has 0 aliphatic heterocycles. The monoisotopic (exact) mass is 323 g/mol. The number of rotatable bonds is 1. The molecule has 2 aromatic rings. The van der Waals surface area contributed by atoms with E-state index in [0.29, 0.717) is 11.1 Å². The molecule has 19 heavy (non-hydrogen) atoms. The summed E-state index contributed by atoms with van der Waals surface area (Å²) in [6.07, 6.45) is 1.93. The number of aromatic nitrogens is 1. The quantitative estimate of drug-likeness (QED) is 0.745. The highest BCUT2D eigenvalue weighted by Crippen LogP contribution is 2.27. The van der Waals surface area contributed by atoms with Crippen molar-refractivity contribution in [3.05, 3.63) is 34.4 Å². The van der Waals surface area contributed by atoms with Crippen molar-refractivity contribution in [1.82, 2.24) is 4.57 Å². The van der Waals surface area contributed by atoms with E-state index in [1.807, 2.05) is 20.8 Å². The molecular formula is C14H14BrNO3. The van der Waals surface area contributed by atoms with Crippen molar-refractivity contribution in [3.63, 3.8) is 0 Å². The van der Waals surface area contributed by atoms with E-state index >= 15 is 0 Å². The first-order chi connectivity index (χ1) is 8.81. The highest BCUT2D eigenvalue weighted by molar-refractivity contribution is 9.10. The van der Waals surface area contributed by atoms with Crippen LogP contribution < -0.4 is 0 Å². The summed E-state index contributed by atoms with van der Waals surface area (Å²) >= 11 is 3.40. The second-order valence-electron chi connectivity index (χ2n) is 5.22.